The zero-order valence-electron chi connectivity index (χ0n) is 10.6. The van der Waals surface area contributed by atoms with Gasteiger partial charge in [0.1, 0.15) is 5.82 Å². The molecule has 0 aliphatic heterocycles. The molecule has 4 heteroatoms. The number of halogens is 1. The fourth-order valence-electron chi connectivity index (χ4n) is 2.42. The number of hydrogen-bond donors (Lipinski definition) is 2. The van der Waals surface area contributed by atoms with Crippen molar-refractivity contribution in [2.45, 2.75) is 38.3 Å². The SMILES string of the molecule is Nc1cc(F)cc(CN(CCCO)C2CCC2)c1. The van der Waals surface area contributed by atoms with Crippen molar-refractivity contribution in [3.05, 3.63) is 29.6 Å². The van der Waals surface area contributed by atoms with E-state index in [-0.39, 0.29) is 12.4 Å². The maximum atomic E-state index is 13.3. The minimum Gasteiger partial charge on any atom is -0.399 e. The van der Waals surface area contributed by atoms with Crippen LogP contribution in [-0.2, 0) is 6.54 Å². The molecule has 2 rings (SSSR count). The van der Waals surface area contributed by atoms with Gasteiger partial charge < -0.3 is 10.8 Å². The van der Waals surface area contributed by atoms with Gasteiger partial charge in [-0.25, -0.2) is 4.39 Å². The molecule has 0 atom stereocenters. The average molecular weight is 252 g/mol. The first-order valence-electron chi connectivity index (χ1n) is 6.59. The molecule has 0 saturated heterocycles. The van der Waals surface area contributed by atoms with Crippen molar-refractivity contribution in [2.75, 3.05) is 18.9 Å². The Morgan fingerprint density at radius 2 is 2.11 bits per heavy atom. The summed E-state index contributed by atoms with van der Waals surface area (Å²) in [5.41, 5.74) is 7.05. The first kappa shape index (κ1) is 13.3. The predicted molar refractivity (Wildman–Crippen MR) is 70.6 cm³/mol. The molecule has 100 valence electrons. The highest BCUT2D eigenvalue weighted by molar-refractivity contribution is 5.41. The summed E-state index contributed by atoms with van der Waals surface area (Å²) in [6, 6.07) is 5.29. The second-order valence-corrected chi connectivity index (χ2v) is 5.03. The van der Waals surface area contributed by atoms with Crippen molar-refractivity contribution in [3.63, 3.8) is 0 Å². The Labute approximate surface area is 107 Å². The van der Waals surface area contributed by atoms with Gasteiger partial charge in [0, 0.05) is 31.4 Å². The number of benzene rings is 1. The summed E-state index contributed by atoms with van der Waals surface area (Å²) in [7, 11) is 0. The van der Waals surface area contributed by atoms with Crippen molar-refractivity contribution in [1.29, 1.82) is 0 Å². The monoisotopic (exact) mass is 252 g/mol. The number of hydrogen-bond acceptors (Lipinski definition) is 3. The third-order valence-corrected chi connectivity index (χ3v) is 3.56. The molecule has 1 aliphatic carbocycles. The molecule has 1 aromatic rings. The lowest BCUT2D eigenvalue weighted by atomic mass is 9.91. The van der Waals surface area contributed by atoms with Crippen molar-refractivity contribution < 1.29 is 9.50 Å². The Kier molecular flexibility index (Phi) is 4.55. The van der Waals surface area contributed by atoms with Gasteiger partial charge in [-0.1, -0.05) is 6.42 Å². The van der Waals surface area contributed by atoms with E-state index in [1.54, 1.807) is 6.07 Å². The topological polar surface area (TPSA) is 49.5 Å². The number of nitrogen functional groups attached to an aromatic ring is 1. The van der Waals surface area contributed by atoms with Crippen LogP contribution in [0.2, 0.25) is 0 Å². The van der Waals surface area contributed by atoms with E-state index in [9.17, 15) is 4.39 Å². The number of nitrogens with zero attached hydrogens (tertiary/aromatic N) is 1. The van der Waals surface area contributed by atoms with Crippen LogP contribution in [0.15, 0.2) is 18.2 Å². The van der Waals surface area contributed by atoms with Crippen LogP contribution in [0.5, 0.6) is 0 Å². The fourth-order valence-corrected chi connectivity index (χ4v) is 2.42. The highest BCUT2D eigenvalue weighted by Crippen LogP contribution is 2.26. The molecule has 0 bridgehead atoms. The number of nitrogens with two attached hydrogens (primary N) is 1. The molecule has 18 heavy (non-hydrogen) atoms. The van der Waals surface area contributed by atoms with Gasteiger partial charge in [0.15, 0.2) is 0 Å². The molecule has 1 fully saturated rings. The first-order chi connectivity index (χ1) is 8.69. The summed E-state index contributed by atoms with van der Waals surface area (Å²) in [5.74, 6) is -0.277. The molecular weight excluding hydrogens is 231 g/mol. The second kappa shape index (κ2) is 6.16. The summed E-state index contributed by atoms with van der Waals surface area (Å²) < 4.78 is 13.3. The van der Waals surface area contributed by atoms with E-state index < -0.39 is 0 Å². The summed E-state index contributed by atoms with van der Waals surface area (Å²) in [6.07, 6.45) is 4.44. The highest BCUT2D eigenvalue weighted by Gasteiger charge is 2.24. The molecule has 0 aromatic heterocycles. The van der Waals surface area contributed by atoms with E-state index in [1.807, 2.05) is 6.07 Å². The van der Waals surface area contributed by atoms with Gasteiger partial charge in [0.05, 0.1) is 0 Å². The number of aliphatic hydroxyl groups is 1. The van der Waals surface area contributed by atoms with Gasteiger partial charge in [-0.3, -0.25) is 4.90 Å². The Morgan fingerprint density at radius 3 is 2.67 bits per heavy atom. The molecule has 0 amide bonds. The molecule has 0 spiro atoms. The Balaban J connectivity index is 2.02. The normalized spacial score (nSPS) is 15.9. The summed E-state index contributed by atoms with van der Waals surface area (Å²) in [4.78, 5) is 2.33. The van der Waals surface area contributed by atoms with Crippen LogP contribution >= 0.6 is 0 Å². The minimum absolute atomic E-state index is 0.203. The largest absolute Gasteiger partial charge is 0.399 e. The van der Waals surface area contributed by atoms with E-state index in [0.29, 0.717) is 18.3 Å². The van der Waals surface area contributed by atoms with Crippen LogP contribution in [0.3, 0.4) is 0 Å². The molecule has 1 aromatic carbocycles. The average Bonchev–Trinajstić information content (AvgIpc) is 2.21. The van der Waals surface area contributed by atoms with Crippen LogP contribution < -0.4 is 5.73 Å². The quantitative estimate of drug-likeness (QED) is 0.763. The molecular formula is C14H21FN2O. The molecule has 0 heterocycles. The first-order valence-corrected chi connectivity index (χ1v) is 6.59. The van der Waals surface area contributed by atoms with Crippen LogP contribution in [0.25, 0.3) is 0 Å². The van der Waals surface area contributed by atoms with Crippen LogP contribution in [0.4, 0.5) is 10.1 Å². The lowest BCUT2D eigenvalue weighted by Crippen LogP contribution is -2.40. The van der Waals surface area contributed by atoms with Gasteiger partial charge in [-0.15, -0.1) is 0 Å². The van der Waals surface area contributed by atoms with E-state index in [1.165, 1.54) is 25.3 Å². The molecule has 0 unspecified atom stereocenters. The third kappa shape index (κ3) is 3.43. The van der Waals surface area contributed by atoms with E-state index in [4.69, 9.17) is 10.8 Å². The van der Waals surface area contributed by atoms with E-state index >= 15 is 0 Å². The van der Waals surface area contributed by atoms with E-state index in [0.717, 1.165) is 18.5 Å². The summed E-state index contributed by atoms with van der Waals surface area (Å²) >= 11 is 0. The lowest BCUT2D eigenvalue weighted by molar-refractivity contribution is 0.109. The molecule has 3 N–H and O–H groups in total. The third-order valence-electron chi connectivity index (χ3n) is 3.56. The number of rotatable bonds is 6. The lowest BCUT2D eigenvalue weighted by Gasteiger charge is -2.37. The Bertz CT molecular complexity index is 373. The zero-order valence-corrected chi connectivity index (χ0v) is 10.6. The maximum absolute atomic E-state index is 13.3. The molecule has 1 saturated carbocycles. The Hall–Kier alpha value is -1.13. The maximum Gasteiger partial charge on any atom is 0.125 e. The van der Waals surface area contributed by atoms with Crippen molar-refractivity contribution in [1.82, 2.24) is 4.90 Å². The van der Waals surface area contributed by atoms with Crippen LogP contribution in [-0.4, -0.2) is 29.2 Å². The Morgan fingerprint density at radius 1 is 1.33 bits per heavy atom. The van der Waals surface area contributed by atoms with Crippen LogP contribution in [0, 0.1) is 5.82 Å². The fraction of sp³-hybridized carbons (Fsp3) is 0.571. The molecule has 1 aliphatic rings. The van der Waals surface area contributed by atoms with Crippen molar-refractivity contribution >= 4 is 5.69 Å². The van der Waals surface area contributed by atoms with Gasteiger partial charge in [0.2, 0.25) is 0 Å². The molecule has 3 nitrogen and oxygen atoms in total. The van der Waals surface area contributed by atoms with Crippen molar-refractivity contribution in [2.24, 2.45) is 0 Å². The van der Waals surface area contributed by atoms with Crippen LogP contribution in [0.1, 0.15) is 31.2 Å². The molecule has 0 radical (unpaired) electrons. The number of aliphatic hydroxyl groups excluding tert-OH is 1. The van der Waals surface area contributed by atoms with Gasteiger partial charge in [0.25, 0.3) is 0 Å². The number of anilines is 1. The second-order valence-electron chi connectivity index (χ2n) is 5.03. The standard InChI is InChI=1S/C14H21FN2O/c15-12-7-11(8-13(16)9-12)10-17(5-2-6-18)14-3-1-4-14/h7-9,14,18H,1-6,10,16H2. The van der Waals surface area contributed by atoms with Gasteiger partial charge in [-0.2, -0.15) is 0 Å². The summed E-state index contributed by atoms with van der Waals surface area (Å²) in [5, 5.41) is 8.94. The highest BCUT2D eigenvalue weighted by atomic mass is 19.1. The van der Waals surface area contributed by atoms with Crippen molar-refractivity contribution in [3.8, 4) is 0 Å². The summed E-state index contributed by atoms with van der Waals surface area (Å²) in [6.45, 7) is 1.78. The smallest absolute Gasteiger partial charge is 0.125 e. The predicted octanol–water partition coefficient (Wildman–Crippen LogP) is 2.14. The van der Waals surface area contributed by atoms with Gasteiger partial charge >= 0.3 is 0 Å². The van der Waals surface area contributed by atoms with Gasteiger partial charge in [-0.05, 0) is 43.0 Å². The minimum atomic E-state index is -0.277. The van der Waals surface area contributed by atoms with E-state index in [2.05, 4.69) is 4.90 Å². The zero-order chi connectivity index (χ0) is 13.0.